The normalized spacial score (nSPS) is 10.6. The predicted octanol–water partition coefficient (Wildman–Crippen LogP) is 3.58. The Morgan fingerprint density at radius 3 is 2.70 bits per heavy atom. The zero-order valence-corrected chi connectivity index (χ0v) is 13.5. The molecule has 0 aliphatic rings. The van der Waals surface area contributed by atoms with Gasteiger partial charge in [-0.25, -0.2) is 4.39 Å². The number of aromatic nitrogens is 1. The third-order valence-electron chi connectivity index (χ3n) is 2.95. The molecule has 5 heteroatoms. The maximum Gasteiger partial charge on any atom is 0.264 e. The first-order valence-electron chi connectivity index (χ1n) is 6.33. The van der Waals surface area contributed by atoms with Crippen LogP contribution in [-0.2, 0) is 7.05 Å². The van der Waals surface area contributed by atoms with Crippen LogP contribution >= 0.6 is 22.6 Å². The van der Waals surface area contributed by atoms with Crippen LogP contribution in [0.3, 0.4) is 0 Å². The van der Waals surface area contributed by atoms with Crippen molar-refractivity contribution in [3.8, 4) is 17.0 Å². The van der Waals surface area contributed by atoms with E-state index in [0.717, 1.165) is 6.42 Å². The lowest BCUT2D eigenvalue weighted by Gasteiger charge is -2.11. The van der Waals surface area contributed by atoms with Crippen LogP contribution in [0.4, 0.5) is 4.39 Å². The van der Waals surface area contributed by atoms with E-state index in [-0.39, 0.29) is 5.56 Å². The van der Waals surface area contributed by atoms with Crippen LogP contribution in [0.15, 0.2) is 35.1 Å². The molecule has 0 fully saturated rings. The fraction of sp³-hybridized carbons (Fsp3) is 0.267. The standard InChI is InChI=1S/C15H15FINO2/c1-3-8-20-10-4-5-11(12(16)9-10)14-7-6-13(17)15(19)18(14)2/h4-7,9H,3,8H2,1-2H3. The molecule has 0 spiro atoms. The molecule has 0 saturated heterocycles. The molecule has 0 aliphatic carbocycles. The van der Waals surface area contributed by atoms with Crippen LogP contribution < -0.4 is 10.3 Å². The molecule has 0 N–H and O–H groups in total. The Hall–Kier alpha value is -1.37. The zero-order chi connectivity index (χ0) is 14.7. The first-order chi connectivity index (χ1) is 9.54. The fourth-order valence-corrected chi connectivity index (χ4v) is 2.43. The average Bonchev–Trinajstić information content (AvgIpc) is 2.44. The predicted molar refractivity (Wildman–Crippen MR) is 85.6 cm³/mol. The van der Waals surface area contributed by atoms with Crippen molar-refractivity contribution in [2.45, 2.75) is 13.3 Å². The molecular weight excluding hydrogens is 372 g/mol. The molecule has 0 atom stereocenters. The smallest absolute Gasteiger partial charge is 0.264 e. The van der Waals surface area contributed by atoms with Crippen LogP contribution in [0.2, 0.25) is 0 Å². The molecule has 0 bridgehead atoms. The second-order valence-electron chi connectivity index (χ2n) is 4.42. The molecule has 106 valence electrons. The van der Waals surface area contributed by atoms with Gasteiger partial charge >= 0.3 is 0 Å². The highest BCUT2D eigenvalue weighted by Crippen LogP contribution is 2.25. The van der Waals surface area contributed by atoms with Gasteiger partial charge in [-0.1, -0.05) is 6.92 Å². The first-order valence-corrected chi connectivity index (χ1v) is 7.40. The van der Waals surface area contributed by atoms with E-state index >= 15 is 0 Å². The second-order valence-corrected chi connectivity index (χ2v) is 5.58. The van der Waals surface area contributed by atoms with E-state index in [9.17, 15) is 9.18 Å². The van der Waals surface area contributed by atoms with Crippen molar-refractivity contribution in [3.05, 3.63) is 50.1 Å². The molecule has 2 rings (SSSR count). The lowest BCUT2D eigenvalue weighted by atomic mass is 10.1. The molecule has 2 aromatic rings. The van der Waals surface area contributed by atoms with Gasteiger partial charge in [0.25, 0.3) is 5.56 Å². The van der Waals surface area contributed by atoms with Gasteiger partial charge < -0.3 is 9.30 Å². The average molecular weight is 387 g/mol. The number of halogens is 2. The van der Waals surface area contributed by atoms with Gasteiger partial charge in [0.15, 0.2) is 0 Å². The Bertz CT molecular complexity index is 682. The summed E-state index contributed by atoms with van der Waals surface area (Å²) < 4.78 is 21.6. The van der Waals surface area contributed by atoms with Gasteiger partial charge in [-0.15, -0.1) is 0 Å². The van der Waals surface area contributed by atoms with Crippen molar-refractivity contribution in [2.24, 2.45) is 7.05 Å². The van der Waals surface area contributed by atoms with E-state index in [0.29, 0.717) is 27.2 Å². The summed E-state index contributed by atoms with van der Waals surface area (Å²) in [5.74, 6) is 0.110. The van der Waals surface area contributed by atoms with Crippen LogP contribution in [0.25, 0.3) is 11.3 Å². The maximum atomic E-state index is 14.2. The van der Waals surface area contributed by atoms with E-state index in [2.05, 4.69) is 0 Å². The van der Waals surface area contributed by atoms with Gasteiger partial charge in [0, 0.05) is 18.7 Å². The lowest BCUT2D eigenvalue weighted by Crippen LogP contribution is -2.20. The van der Waals surface area contributed by atoms with Gasteiger partial charge in [0.1, 0.15) is 11.6 Å². The number of benzene rings is 1. The topological polar surface area (TPSA) is 31.2 Å². The van der Waals surface area contributed by atoms with Gasteiger partial charge in [-0.2, -0.15) is 0 Å². The van der Waals surface area contributed by atoms with E-state index in [1.54, 1.807) is 31.3 Å². The Labute approximate surface area is 130 Å². The quantitative estimate of drug-likeness (QED) is 0.752. The summed E-state index contributed by atoms with van der Waals surface area (Å²) in [4.78, 5) is 11.9. The number of rotatable bonds is 4. The van der Waals surface area contributed by atoms with Crippen molar-refractivity contribution in [1.82, 2.24) is 4.57 Å². The summed E-state index contributed by atoms with van der Waals surface area (Å²) in [5.41, 5.74) is 0.814. The molecule has 0 radical (unpaired) electrons. The van der Waals surface area contributed by atoms with E-state index in [4.69, 9.17) is 4.74 Å². The van der Waals surface area contributed by atoms with E-state index < -0.39 is 5.82 Å². The van der Waals surface area contributed by atoms with Crippen LogP contribution in [0, 0.1) is 9.39 Å². The molecular formula is C15H15FINO2. The maximum absolute atomic E-state index is 14.2. The zero-order valence-electron chi connectivity index (χ0n) is 11.3. The number of hydrogen-bond acceptors (Lipinski definition) is 2. The highest BCUT2D eigenvalue weighted by atomic mass is 127. The highest BCUT2D eigenvalue weighted by molar-refractivity contribution is 14.1. The van der Waals surface area contributed by atoms with Gasteiger partial charge in [-0.05, 0) is 53.3 Å². The molecule has 0 saturated carbocycles. The lowest BCUT2D eigenvalue weighted by molar-refractivity contribution is 0.316. The number of nitrogens with zero attached hydrogens (tertiary/aromatic N) is 1. The molecule has 0 aliphatic heterocycles. The molecule has 1 heterocycles. The van der Waals surface area contributed by atoms with E-state index in [1.165, 1.54) is 10.6 Å². The van der Waals surface area contributed by atoms with Gasteiger partial charge in [0.2, 0.25) is 0 Å². The first kappa shape index (κ1) is 15.0. The Morgan fingerprint density at radius 1 is 1.30 bits per heavy atom. The van der Waals surface area contributed by atoms with Crippen LogP contribution in [0.1, 0.15) is 13.3 Å². The summed E-state index contributed by atoms with van der Waals surface area (Å²) in [6.45, 7) is 2.55. The van der Waals surface area contributed by atoms with Crippen molar-refractivity contribution in [2.75, 3.05) is 6.61 Å². The fourth-order valence-electron chi connectivity index (χ4n) is 1.89. The van der Waals surface area contributed by atoms with Crippen LogP contribution in [-0.4, -0.2) is 11.2 Å². The summed E-state index contributed by atoms with van der Waals surface area (Å²) in [7, 11) is 1.64. The summed E-state index contributed by atoms with van der Waals surface area (Å²) in [6, 6.07) is 8.15. The molecule has 20 heavy (non-hydrogen) atoms. The number of hydrogen-bond donors (Lipinski definition) is 0. The van der Waals surface area contributed by atoms with E-state index in [1.807, 2.05) is 29.5 Å². The van der Waals surface area contributed by atoms with Crippen molar-refractivity contribution >= 4 is 22.6 Å². The molecule has 1 aromatic carbocycles. The number of ether oxygens (including phenoxy) is 1. The second kappa shape index (κ2) is 6.39. The summed E-state index contributed by atoms with van der Waals surface area (Å²) >= 11 is 1.97. The third-order valence-corrected chi connectivity index (χ3v) is 3.77. The Morgan fingerprint density at radius 2 is 2.05 bits per heavy atom. The van der Waals surface area contributed by atoms with Crippen molar-refractivity contribution < 1.29 is 9.13 Å². The molecule has 0 amide bonds. The third kappa shape index (κ3) is 3.03. The largest absolute Gasteiger partial charge is 0.494 e. The van der Waals surface area contributed by atoms with Crippen LogP contribution in [0.5, 0.6) is 5.75 Å². The summed E-state index contributed by atoms with van der Waals surface area (Å²) in [6.07, 6.45) is 0.870. The molecule has 3 nitrogen and oxygen atoms in total. The Kier molecular flexibility index (Phi) is 4.80. The van der Waals surface area contributed by atoms with Crippen molar-refractivity contribution in [1.29, 1.82) is 0 Å². The minimum absolute atomic E-state index is 0.131. The minimum atomic E-state index is -0.394. The highest BCUT2D eigenvalue weighted by Gasteiger charge is 2.11. The molecule has 1 aromatic heterocycles. The monoisotopic (exact) mass is 387 g/mol. The van der Waals surface area contributed by atoms with Gasteiger partial charge in [0.05, 0.1) is 15.9 Å². The van der Waals surface area contributed by atoms with Crippen molar-refractivity contribution in [3.63, 3.8) is 0 Å². The Balaban J connectivity index is 2.44. The van der Waals surface area contributed by atoms with Gasteiger partial charge in [-0.3, -0.25) is 4.79 Å². The molecule has 0 unspecified atom stereocenters. The minimum Gasteiger partial charge on any atom is -0.494 e. The SMILES string of the molecule is CCCOc1ccc(-c2ccc(I)c(=O)n2C)c(F)c1. The summed E-state index contributed by atoms with van der Waals surface area (Å²) in [5, 5.41) is 0. The number of pyridine rings is 1.